The van der Waals surface area contributed by atoms with Crippen LogP contribution in [0.15, 0.2) is 26.9 Å². The van der Waals surface area contributed by atoms with Gasteiger partial charge in [0.2, 0.25) is 0 Å². The molecule has 0 saturated heterocycles. The molecule has 0 spiro atoms. The summed E-state index contributed by atoms with van der Waals surface area (Å²) in [7, 11) is 1.84. The van der Waals surface area contributed by atoms with Gasteiger partial charge >= 0.3 is 0 Å². The van der Waals surface area contributed by atoms with Gasteiger partial charge in [-0.3, -0.25) is 4.99 Å². The average molecular weight is 167 g/mol. The van der Waals surface area contributed by atoms with E-state index in [1.807, 2.05) is 7.05 Å². The monoisotopic (exact) mass is 167 g/mol. The minimum absolute atomic E-state index is 0.552. The Morgan fingerprint density at radius 3 is 3.00 bits per heavy atom. The van der Waals surface area contributed by atoms with Crippen LogP contribution in [0.1, 0.15) is 0 Å². The molecule has 3 N–H and O–H groups in total. The highest BCUT2D eigenvalue weighted by Crippen LogP contribution is 1.92. The van der Waals surface area contributed by atoms with Gasteiger partial charge in [0.05, 0.1) is 6.54 Å². The van der Waals surface area contributed by atoms with Gasteiger partial charge in [0.25, 0.3) is 0 Å². The lowest BCUT2D eigenvalue weighted by atomic mass is 10.3. The fraction of sp³-hybridized carbons (Fsp3) is 0.429. The standard InChI is InChI=1S/C7H13N5/c1-9-3-7(4-10-2)5-11-6-12-8/h5,10H,1,3-4,8H2,2H3/b7-5+. The van der Waals surface area contributed by atoms with Crippen molar-refractivity contribution in [2.24, 2.45) is 20.9 Å². The molecule has 5 nitrogen and oxygen atoms in total. The van der Waals surface area contributed by atoms with Gasteiger partial charge in [-0.25, -0.2) is 0 Å². The van der Waals surface area contributed by atoms with Crippen LogP contribution in [-0.2, 0) is 0 Å². The Hall–Kier alpha value is -1.45. The molecule has 0 aliphatic carbocycles. The zero-order valence-electron chi connectivity index (χ0n) is 7.12. The predicted molar refractivity (Wildman–Crippen MR) is 50.5 cm³/mol. The van der Waals surface area contributed by atoms with E-state index in [1.165, 1.54) is 0 Å². The fourth-order valence-corrected chi connectivity index (χ4v) is 0.667. The van der Waals surface area contributed by atoms with Crippen molar-refractivity contribution in [2.45, 2.75) is 0 Å². The van der Waals surface area contributed by atoms with Crippen LogP contribution >= 0.6 is 0 Å². The van der Waals surface area contributed by atoms with Crippen LogP contribution in [-0.4, -0.2) is 32.9 Å². The van der Waals surface area contributed by atoms with Crippen molar-refractivity contribution in [2.75, 3.05) is 20.1 Å². The number of hydrogen-bond donors (Lipinski definition) is 2. The number of nitrogens with one attached hydrogen (secondary N) is 1. The van der Waals surface area contributed by atoms with Crippen LogP contribution < -0.4 is 11.2 Å². The van der Waals surface area contributed by atoms with Crippen LogP contribution in [0.5, 0.6) is 0 Å². The number of aliphatic imine (C=N–C) groups is 2. The molecule has 0 unspecified atom stereocenters. The third-order valence-electron chi connectivity index (χ3n) is 1.08. The smallest absolute Gasteiger partial charge is 0.119 e. The van der Waals surface area contributed by atoms with Crippen molar-refractivity contribution in [3.8, 4) is 0 Å². The average Bonchev–Trinajstić information content (AvgIpc) is 2.06. The van der Waals surface area contributed by atoms with Crippen molar-refractivity contribution in [3.05, 3.63) is 11.8 Å². The fourth-order valence-electron chi connectivity index (χ4n) is 0.667. The first-order chi connectivity index (χ1) is 5.85. The minimum atomic E-state index is 0.552. The van der Waals surface area contributed by atoms with E-state index in [0.717, 1.165) is 12.1 Å². The number of hydrazone groups is 1. The zero-order chi connectivity index (χ0) is 9.23. The van der Waals surface area contributed by atoms with E-state index in [-0.39, 0.29) is 0 Å². The molecule has 66 valence electrons. The molecule has 12 heavy (non-hydrogen) atoms. The summed E-state index contributed by atoms with van der Waals surface area (Å²) in [4.78, 5) is 7.42. The topological polar surface area (TPSA) is 75.1 Å². The van der Waals surface area contributed by atoms with Crippen molar-refractivity contribution in [1.29, 1.82) is 0 Å². The molecule has 0 bridgehead atoms. The van der Waals surface area contributed by atoms with E-state index >= 15 is 0 Å². The molecule has 5 heteroatoms. The SMILES string of the molecule is C=NC/C(=C\N=C=NN)CNC. The molecule has 0 aliphatic rings. The summed E-state index contributed by atoms with van der Waals surface area (Å²) >= 11 is 0. The Morgan fingerprint density at radius 1 is 1.75 bits per heavy atom. The van der Waals surface area contributed by atoms with Gasteiger partial charge in [-0.15, -0.1) is 5.10 Å². The molecule has 0 aliphatic heterocycles. The highest BCUT2D eigenvalue weighted by atomic mass is 15.1. The van der Waals surface area contributed by atoms with E-state index in [2.05, 4.69) is 33.1 Å². The van der Waals surface area contributed by atoms with Gasteiger partial charge in [-0.1, -0.05) is 0 Å². The summed E-state index contributed by atoms with van der Waals surface area (Å²) in [6, 6.07) is 2.26. The summed E-state index contributed by atoms with van der Waals surface area (Å²) in [5.74, 6) is 4.80. The molecule has 0 rings (SSSR count). The van der Waals surface area contributed by atoms with E-state index in [1.54, 1.807) is 6.20 Å². The van der Waals surface area contributed by atoms with Gasteiger partial charge in [-0.2, -0.15) is 4.99 Å². The van der Waals surface area contributed by atoms with E-state index in [9.17, 15) is 0 Å². The third kappa shape index (κ3) is 5.34. The first-order valence-corrected chi connectivity index (χ1v) is 3.45. The van der Waals surface area contributed by atoms with Crippen molar-refractivity contribution in [1.82, 2.24) is 5.32 Å². The quantitative estimate of drug-likeness (QED) is 0.339. The Morgan fingerprint density at radius 2 is 2.50 bits per heavy atom. The Balaban J connectivity index is 4.15. The second-order valence-corrected chi connectivity index (χ2v) is 2.06. The molecule has 0 radical (unpaired) electrons. The second-order valence-electron chi connectivity index (χ2n) is 2.06. The van der Waals surface area contributed by atoms with Crippen LogP contribution in [0.4, 0.5) is 0 Å². The number of nitrogens with two attached hydrogens (primary N) is 1. The zero-order valence-corrected chi connectivity index (χ0v) is 7.12. The van der Waals surface area contributed by atoms with Crippen LogP contribution in [0, 0.1) is 0 Å². The maximum Gasteiger partial charge on any atom is 0.119 e. The van der Waals surface area contributed by atoms with Crippen LogP contribution in [0.2, 0.25) is 0 Å². The van der Waals surface area contributed by atoms with Gasteiger partial charge < -0.3 is 11.2 Å². The summed E-state index contributed by atoms with van der Waals surface area (Å²) in [5, 5.41) is 6.07. The largest absolute Gasteiger partial charge is 0.316 e. The summed E-state index contributed by atoms with van der Waals surface area (Å²) in [5.41, 5.74) is 1.00. The highest BCUT2D eigenvalue weighted by Gasteiger charge is 1.91. The Bertz CT molecular complexity index is 212. The molecule has 0 aromatic heterocycles. The van der Waals surface area contributed by atoms with Crippen molar-refractivity contribution in [3.63, 3.8) is 0 Å². The van der Waals surface area contributed by atoms with Crippen molar-refractivity contribution < 1.29 is 0 Å². The molecule has 0 amide bonds. The normalized spacial score (nSPS) is 10.2. The van der Waals surface area contributed by atoms with Gasteiger partial charge in [0, 0.05) is 12.7 Å². The lowest BCUT2D eigenvalue weighted by Gasteiger charge is -1.99. The first-order valence-electron chi connectivity index (χ1n) is 3.45. The summed E-state index contributed by atoms with van der Waals surface area (Å²) in [6.07, 6.45) is 1.61. The Labute approximate surface area is 71.8 Å². The number of hydrogen-bond acceptors (Lipinski definition) is 5. The molecule has 0 saturated carbocycles. The molecular weight excluding hydrogens is 154 g/mol. The van der Waals surface area contributed by atoms with E-state index in [0.29, 0.717) is 6.54 Å². The maximum atomic E-state index is 4.80. The van der Waals surface area contributed by atoms with E-state index in [4.69, 9.17) is 5.84 Å². The minimum Gasteiger partial charge on any atom is -0.316 e. The number of likely N-dealkylation sites (N-methyl/N-ethyl adjacent to an activating group) is 1. The molecule has 0 aromatic carbocycles. The first kappa shape index (κ1) is 10.6. The van der Waals surface area contributed by atoms with Crippen molar-refractivity contribution >= 4 is 12.7 Å². The number of nitrogens with zero attached hydrogens (tertiary/aromatic N) is 3. The molecular formula is C7H13N5. The summed E-state index contributed by atoms with van der Waals surface area (Å²) < 4.78 is 0. The lowest BCUT2D eigenvalue weighted by Crippen LogP contribution is -2.11. The molecule has 0 aromatic rings. The molecule has 0 fully saturated rings. The van der Waals surface area contributed by atoms with E-state index < -0.39 is 0 Å². The molecule has 0 atom stereocenters. The lowest BCUT2D eigenvalue weighted by molar-refractivity contribution is 0.856. The predicted octanol–water partition coefficient (Wildman–Crippen LogP) is -0.162. The highest BCUT2D eigenvalue weighted by molar-refractivity contribution is 5.42. The summed E-state index contributed by atoms with van der Waals surface area (Å²) in [6.45, 7) is 4.65. The number of rotatable bonds is 5. The van der Waals surface area contributed by atoms with Crippen LogP contribution in [0.25, 0.3) is 0 Å². The maximum absolute atomic E-state index is 4.80. The second kappa shape index (κ2) is 7.65. The van der Waals surface area contributed by atoms with Crippen LogP contribution in [0.3, 0.4) is 0 Å². The molecule has 0 heterocycles. The Kier molecular flexibility index (Phi) is 6.73. The van der Waals surface area contributed by atoms with Gasteiger partial charge in [0.1, 0.15) is 6.01 Å². The van der Waals surface area contributed by atoms with Gasteiger partial charge in [0.15, 0.2) is 0 Å². The van der Waals surface area contributed by atoms with Gasteiger partial charge in [-0.05, 0) is 19.3 Å². The third-order valence-corrected chi connectivity index (χ3v) is 1.08.